The molecule has 4 nitrogen and oxygen atoms in total. The molecule has 3 aromatic carbocycles. The second-order valence-corrected chi connectivity index (χ2v) is 10.2. The van der Waals surface area contributed by atoms with Crippen molar-refractivity contribution in [3.8, 4) is 0 Å². The van der Waals surface area contributed by atoms with Crippen molar-refractivity contribution in [1.29, 1.82) is 0 Å². The average Bonchev–Trinajstić information content (AvgIpc) is 2.93. The van der Waals surface area contributed by atoms with Crippen LogP contribution in [0.2, 0.25) is 10.0 Å². The molecule has 0 bridgehead atoms. The molecule has 0 N–H and O–H groups in total. The van der Waals surface area contributed by atoms with Gasteiger partial charge in [-0.05, 0) is 68.1 Å². The predicted molar refractivity (Wildman–Crippen MR) is 150 cm³/mol. The number of rotatable bonds is 9. The van der Waals surface area contributed by atoms with Gasteiger partial charge in [0, 0.05) is 12.0 Å². The van der Waals surface area contributed by atoms with Crippen molar-refractivity contribution < 1.29 is 14.3 Å². The largest absolute Gasteiger partial charge is 0.462 e. The van der Waals surface area contributed by atoms with Gasteiger partial charge in [-0.1, -0.05) is 96.0 Å². The fourth-order valence-electron chi connectivity index (χ4n) is 5.04. The van der Waals surface area contributed by atoms with Crippen LogP contribution < -0.4 is 0 Å². The van der Waals surface area contributed by atoms with Gasteiger partial charge in [-0.2, -0.15) is 0 Å². The number of Topliss-reactive ketones (excluding diaryl/α,β-unsaturated/α-hetero) is 1. The molecule has 0 saturated carbocycles. The van der Waals surface area contributed by atoms with E-state index in [1.165, 1.54) is 24.1 Å². The number of carbonyl (C=O) groups excluding carboxylic acids is 2. The van der Waals surface area contributed by atoms with E-state index in [1.807, 2.05) is 0 Å². The third kappa shape index (κ3) is 6.51. The topological polar surface area (TPSA) is 46.6 Å². The maximum atomic E-state index is 12.6. The molecule has 1 heterocycles. The van der Waals surface area contributed by atoms with Crippen LogP contribution in [-0.2, 0) is 19.7 Å². The summed E-state index contributed by atoms with van der Waals surface area (Å²) >= 11 is 12.3. The molecule has 3 aromatic rings. The Morgan fingerprint density at radius 3 is 2.05 bits per heavy atom. The van der Waals surface area contributed by atoms with Gasteiger partial charge in [-0.25, -0.2) is 4.79 Å². The molecular weight excluding hydrogens is 505 g/mol. The van der Waals surface area contributed by atoms with Crippen LogP contribution in [0.25, 0.3) is 6.08 Å². The van der Waals surface area contributed by atoms with Gasteiger partial charge in [0.05, 0.1) is 16.7 Å². The van der Waals surface area contributed by atoms with E-state index < -0.39 is 5.97 Å². The molecule has 1 aliphatic heterocycles. The van der Waals surface area contributed by atoms with E-state index in [0.717, 1.165) is 32.5 Å². The van der Waals surface area contributed by atoms with E-state index in [1.54, 1.807) is 18.2 Å². The number of carbonyl (C=O) groups is 2. The van der Waals surface area contributed by atoms with Crippen LogP contribution in [0.5, 0.6) is 0 Å². The molecule has 0 aromatic heterocycles. The second kappa shape index (κ2) is 12.6. The molecule has 0 atom stereocenters. The third-order valence-corrected chi connectivity index (χ3v) is 7.93. The molecule has 1 fully saturated rings. The van der Waals surface area contributed by atoms with Crippen molar-refractivity contribution in [3.05, 3.63) is 111 Å². The summed E-state index contributed by atoms with van der Waals surface area (Å²) in [6.45, 7) is 4.33. The van der Waals surface area contributed by atoms with Gasteiger partial charge in [-0.15, -0.1) is 0 Å². The minimum absolute atomic E-state index is 0.00821. The van der Waals surface area contributed by atoms with Crippen molar-refractivity contribution in [2.24, 2.45) is 0 Å². The summed E-state index contributed by atoms with van der Waals surface area (Å²) in [6.07, 6.45) is 4.19. The Hall–Kier alpha value is -2.92. The molecule has 1 aliphatic rings. The van der Waals surface area contributed by atoms with E-state index in [4.69, 9.17) is 27.9 Å². The van der Waals surface area contributed by atoms with Crippen LogP contribution in [0, 0.1) is 0 Å². The molecule has 37 heavy (non-hydrogen) atoms. The minimum Gasteiger partial charge on any atom is -0.462 e. The number of halogens is 2. The number of piperidine rings is 1. The van der Waals surface area contributed by atoms with Crippen LogP contribution in [0.3, 0.4) is 0 Å². The highest BCUT2D eigenvalue weighted by Crippen LogP contribution is 2.41. The predicted octanol–water partition coefficient (Wildman–Crippen LogP) is 6.98. The summed E-state index contributed by atoms with van der Waals surface area (Å²) in [5.41, 5.74) is 3.19. The molecule has 4 rings (SSSR count). The number of nitrogens with zero attached hydrogens (tertiary/aromatic N) is 1. The summed E-state index contributed by atoms with van der Waals surface area (Å²) in [4.78, 5) is 27.2. The van der Waals surface area contributed by atoms with Crippen molar-refractivity contribution >= 4 is 41.0 Å². The summed E-state index contributed by atoms with van der Waals surface area (Å²) in [5, 5.41) is 0.652. The highest BCUT2D eigenvalue weighted by molar-refractivity contribution is 6.43. The number of ether oxygens (including phenoxy) is 1. The van der Waals surface area contributed by atoms with Crippen LogP contribution in [0.4, 0.5) is 0 Å². The monoisotopic (exact) mass is 535 g/mol. The molecule has 0 amide bonds. The van der Waals surface area contributed by atoms with Crippen LogP contribution >= 0.6 is 23.2 Å². The number of ketones is 1. The minimum atomic E-state index is -0.644. The Balaban J connectivity index is 1.33. The first kappa shape index (κ1) is 27.1. The Bertz CT molecular complexity index is 1210. The number of likely N-dealkylation sites (tertiary alicyclic amines) is 1. The first-order valence-corrected chi connectivity index (χ1v) is 13.3. The third-order valence-electron chi connectivity index (χ3n) is 7.09. The van der Waals surface area contributed by atoms with Crippen LogP contribution in [0.15, 0.2) is 84.4 Å². The van der Waals surface area contributed by atoms with E-state index in [0.29, 0.717) is 22.0 Å². The van der Waals surface area contributed by atoms with Crippen LogP contribution in [0.1, 0.15) is 42.9 Å². The van der Waals surface area contributed by atoms with Gasteiger partial charge >= 0.3 is 5.97 Å². The number of benzene rings is 3. The lowest BCUT2D eigenvalue weighted by atomic mass is 9.68. The Labute approximate surface area is 228 Å². The molecule has 192 valence electrons. The van der Waals surface area contributed by atoms with Gasteiger partial charge in [0.1, 0.15) is 5.57 Å². The summed E-state index contributed by atoms with van der Waals surface area (Å²) in [6, 6.07) is 26.6. The number of hydrogen-bond donors (Lipinski definition) is 0. The Kier molecular flexibility index (Phi) is 9.20. The molecule has 0 unspecified atom stereocenters. The molecule has 0 aliphatic carbocycles. The lowest BCUT2D eigenvalue weighted by Gasteiger charge is -2.43. The Morgan fingerprint density at radius 2 is 1.49 bits per heavy atom. The van der Waals surface area contributed by atoms with Gasteiger partial charge in [0.25, 0.3) is 0 Å². The van der Waals surface area contributed by atoms with Gasteiger partial charge in [-0.3, -0.25) is 4.79 Å². The normalized spacial score (nSPS) is 15.8. The fourth-order valence-corrected chi connectivity index (χ4v) is 5.40. The zero-order chi connectivity index (χ0) is 26.3. The SMILES string of the molecule is CC(=O)C(=Cc1cccc(Cl)c1Cl)C(=O)OCCCN1CCC(c2ccccc2)(c2ccccc2)CC1. The van der Waals surface area contributed by atoms with Crippen molar-refractivity contribution in [2.75, 3.05) is 26.2 Å². The highest BCUT2D eigenvalue weighted by atomic mass is 35.5. The molecule has 1 saturated heterocycles. The zero-order valence-corrected chi connectivity index (χ0v) is 22.5. The maximum Gasteiger partial charge on any atom is 0.341 e. The van der Waals surface area contributed by atoms with Crippen molar-refractivity contribution in [3.63, 3.8) is 0 Å². The second-order valence-electron chi connectivity index (χ2n) is 9.40. The highest BCUT2D eigenvalue weighted by Gasteiger charge is 2.37. The molecule has 6 heteroatoms. The molecule has 0 spiro atoms. The lowest BCUT2D eigenvalue weighted by molar-refractivity contribution is -0.140. The summed E-state index contributed by atoms with van der Waals surface area (Å²) in [5.74, 6) is -1.02. The fraction of sp³-hybridized carbons (Fsp3) is 0.290. The zero-order valence-electron chi connectivity index (χ0n) is 21.0. The first-order chi connectivity index (χ1) is 17.9. The van der Waals surface area contributed by atoms with Gasteiger partial charge in [0.15, 0.2) is 5.78 Å². The molecular formula is C31H31Cl2NO3. The van der Waals surface area contributed by atoms with E-state index in [9.17, 15) is 9.59 Å². The first-order valence-electron chi connectivity index (χ1n) is 12.6. The Morgan fingerprint density at radius 1 is 0.892 bits per heavy atom. The average molecular weight is 536 g/mol. The quantitative estimate of drug-likeness (QED) is 0.0973. The maximum absolute atomic E-state index is 12.6. The summed E-state index contributed by atoms with van der Waals surface area (Å²) in [7, 11) is 0. The van der Waals surface area contributed by atoms with Gasteiger partial charge < -0.3 is 9.64 Å². The summed E-state index contributed by atoms with van der Waals surface area (Å²) < 4.78 is 5.45. The van der Waals surface area contributed by atoms with E-state index in [2.05, 4.69) is 65.6 Å². The standard InChI is InChI=1S/C31H31Cl2NO3/c1-23(35)27(22-24-10-8-15-28(32)29(24)33)30(36)37-21-9-18-34-19-16-31(17-20-34,25-11-4-2-5-12-25)26-13-6-3-7-14-26/h2-8,10-15,22H,9,16-21H2,1H3. The van der Waals surface area contributed by atoms with Crippen molar-refractivity contribution in [1.82, 2.24) is 4.90 Å². The number of hydrogen-bond acceptors (Lipinski definition) is 4. The van der Waals surface area contributed by atoms with Crippen molar-refractivity contribution in [2.45, 2.75) is 31.6 Å². The van der Waals surface area contributed by atoms with E-state index >= 15 is 0 Å². The molecule has 0 radical (unpaired) electrons. The van der Waals surface area contributed by atoms with Crippen LogP contribution in [-0.4, -0.2) is 42.9 Å². The number of esters is 1. The smallest absolute Gasteiger partial charge is 0.341 e. The lowest BCUT2D eigenvalue weighted by Crippen LogP contribution is -2.43. The van der Waals surface area contributed by atoms with Gasteiger partial charge in [0.2, 0.25) is 0 Å². The van der Waals surface area contributed by atoms with E-state index in [-0.39, 0.29) is 23.4 Å².